The van der Waals surface area contributed by atoms with Gasteiger partial charge in [-0.15, -0.1) is 0 Å². The average molecular weight is 480 g/mol. The Labute approximate surface area is 202 Å². The number of hydrogen-bond donors (Lipinski definition) is 0. The molecule has 9 nitrogen and oxygen atoms in total. The first-order valence-corrected chi connectivity index (χ1v) is 11.0. The summed E-state index contributed by atoms with van der Waals surface area (Å²) in [5, 5.41) is 7.89. The number of benzene rings is 2. The SMILES string of the molecule is C=N/C(Oc1ccccc1C1CC1)=C(/F)C(=NC)Oc1ccccc1/C(=N/OC)C1=NOCCO1. The van der Waals surface area contributed by atoms with Crippen LogP contribution < -0.4 is 9.47 Å². The normalized spacial score (nSPS) is 16.8. The van der Waals surface area contributed by atoms with E-state index in [-0.39, 0.29) is 35.7 Å². The summed E-state index contributed by atoms with van der Waals surface area (Å²) in [7, 11) is 2.77. The van der Waals surface area contributed by atoms with Crippen molar-refractivity contribution in [1.29, 1.82) is 0 Å². The lowest BCUT2D eigenvalue weighted by atomic mass is 10.1. The molecule has 0 unspecified atom stereocenters. The van der Waals surface area contributed by atoms with Crippen molar-refractivity contribution in [2.45, 2.75) is 18.8 Å². The van der Waals surface area contributed by atoms with Gasteiger partial charge in [0, 0.05) is 7.05 Å². The van der Waals surface area contributed by atoms with E-state index in [1.54, 1.807) is 30.3 Å². The van der Waals surface area contributed by atoms with Crippen molar-refractivity contribution < 1.29 is 28.3 Å². The van der Waals surface area contributed by atoms with Gasteiger partial charge in [-0.25, -0.2) is 4.99 Å². The molecule has 0 N–H and O–H groups in total. The topological polar surface area (TPSA) is 95.6 Å². The first-order valence-electron chi connectivity index (χ1n) is 11.0. The van der Waals surface area contributed by atoms with E-state index in [1.807, 2.05) is 18.2 Å². The van der Waals surface area contributed by atoms with Crippen LogP contribution in [0.15, 0.2) is 80.5 Å². The molecule has 2 aliphatic rings. The van der Waals surface area contributed by atoms with Crippen LogP contribution in [0.3, 0.4) is 0 Å². The van der Waals surface area contributed by atoms with E-state index in [1.165, 1.54) is 14.2 Å². The van der Waals surface area contributed by atoms with Crippen molar-refractivity contribution in [1.82, 2.24) is 0 Å². The Bertz CT molecular complexity index is 1200. The molecule has 0 aromatic heterocycles. The van der Waals surface area contributed by atoms with Gasteiger partial charge in [-0.1, -0.05) is 35.5 Å². The number of oxime groups is 2. The molecule has 1 fully saturated rings. The van der Waals surface area contributed by atoms with Crippen molar-refractivity contribution in [3.8, 4) is 11.5 Å². The van der Waals surface area contributed by atoms with Gasteiger partial charge in [-0.05, 0) is 54.4 Å². The lowest BCUT2D eigenvalue weighted by Gasteiger charge is -2.17. The summed E-state index contributed by atoms with van der Waals surface area (Å²) in [4.78, 5) is 17.8. The second kappa shape index (κ2) is 11.3. The Balaban J connectivity index is 1.64. The lowest BCUT2D eigenvalue weighted by molar-refractivity contribution is 0.0672. The van der Waals surface area contributed by atoms with Gasteiger partial charge in [-0.3, -0.25) is 4.99 Å². The summed E-state index contributed by atoms with van der Waals surface area (Å²) in [5.41, 5.74) is 1.62. The monoisotopic (exact) mass is 480 g/mol. The maximum Gasteiger partial charge on any atom is 0.280 e. The minimum absolute atomic E-state index is 0.105. The largest absolute Gasteiger partial charge is 0.470 e. The third-order valence-corrected chi connectivity index (χ3v) is 5.16. The Morgan fingerprint density at radius 1 is 1.06 bits per heavy atom. The molecule has 0 amide bonds. The maximum absolute atomic E-state index is 15.5. The van der Waals surface area contributed by atoms with Crippen molar-refractivity contribution in [2.24, 2.45) is 20.3 Å². The lowest BCUT2D eigenvalue weighted by Crippen LogP contribution is -2.26. The van der Waals surface area contributed by atoms with Gasteiger partial charge in [-0.2, -0.15) is 4.39 Å². The number of hydrogen-bond acceptors (Lipinski definition) is 9. The first-order chi connectivity index (χ1) is 17.2. The minimum Gasteiger partial charge on any atom is -0.470 e. The summed E-state index contributed by atoms with van der Waals surface area (Å²) < 4.78 is 32.7. The molecule has 35 heavy (non-hydrogen) atoms. The second-order valence-electron chi connectivity index (χ2n) is 7.52. The number of para-hydroxylation sites is 2. The van der Waals surface area contributed by atoms with E-state index in [2.05, 4.69) is 27.0 Å². The summed E-state index contributed by atoms with van der Waals surface area (Å²) >= 11 is 0. The van der Waals surface area contributed by atoms with E-state index in [4.69, 9.17) is 23.9 Å². The molecular formula is C25H25FN4O5. The van der Waals surface area contributed by atoms with E-state index >= 15 is 4.39 Å². The highest BCUT2D eigenvalue weighted by Gasteiger charge is 2.28. The Kier molecular flexibility index (Phi) is 7.71. The van der Waals surface area contributed by atoms with Gasteiger partial charge in [0.25, 0.3) is 17.7 Å². The van der Waals surface area contributed by atoms with Gasteiger partial charge in [0.05, 0.1) is 5.56 Å². The first kappa shape index (κ1) is 23.9. The zero-order valence-electron chi connectivity index (χ0n) is 19.4. The maximum atomic E-state index is 15.5. The summed E-state index contributed by atoms with van der Waals surface area (Å²) in [6.45, 7) is 4.06. The summed E-state index contributed by atoms with van der Waals surface area (Å²) in [5.74, 6) is -0.381. The Morgan fingerprint density at radius 3 is 2.46 bits per heavy atom. The van der Waals surface area contributed by atoms with Crippen molar-refractivity contribution in [3.05, 3.63) is 71.4 Å². The van der Waals surface area contributed by atoms with E-state index < -0.39 is 5.83 Å². The fourth-order valence-corrected chi connectivity index (χ4v) is 3.40. The predicted molar refractivity (Wildman–Crippen MR) is 130 cm³/mol. The molecule has 182 valence electrons. The fraction of sp³-hybridized carbons (Fsp3) is 0.280. The molecule has 0 bridgehead atoms. The predicted octanol–water partition coefficient (Wildman–Crippen LogP) is 4.60. The van der Waals surface area contributed by atoms with Crippen LogP contribution in [0.4, 0.5) is 4.39 Å². The quantitative estimate of drug-likeness (QED) is 0.226. The minimum atomic E-state index is -0.914. The average Bonchev–Trinajstić information content (AvgIpc) is 3.75. The molecule has 10 heteroatoms. The highest BCUT2D eigenvalue weighted by atomic mass is 19.1. The molecule has 1 heterocycles. The molecule has 2 aromatic carbocycles. The third kappa shape index (κ3) is 5.65. The van der Waals surface area contributed by atoms with E-state index in [9.17, 15) is 0 Å². The smallest absolute Gasteiger partial charge is 0.280 e. The molecule has 4 rings (SSSR count). The van der Waals surface area contributed by atoms with Crippen molar-refractivity contribution in [3.63, 3.8) is 0 Å². The number of halogens is 1. The van der Waals surface area contributed by atoms with Crippen molar-refractivity contribution >= 4 is 24.2 Å². The standard InChI is InChI=1S/C25H25FN4O5/c1-27-23(34-19-10-6-4-8-17(19)16-12-13-16)21(26)24(28-2)35-20-11-7-5-9-18(20)22(29-31-3)25-30-33-15-14-32-25/h4-11,16H,1,12-15H2,2-3H3/b23-21-,28-24?,29-22-. The van der Waals surface area contributed by atoms with Gasteiger partial charge < -0.3 is 23.9 Å². The third-order valence-electron chi connectivity index (χ3n) is 5.16. The molecule has 1 saturated carbocycles. The van der Waals surface area contributed by atoms with Crippen LogP contribution in [0.2, 0.25) is 0 Å². The van der Waals surface area contributed by atoms with Crippen LogP contribution in [0.1, 0.15) is 29.9 Å². The molecule has 1 aliphatic carbocycles. The van der Waals surface area contributed by atoms with Crippen LogP contribution in [-0.2, 0) is 14.4 Å². The van der Waals surface area contributed by atoms with Crippen LogP contribution in [-0.4, -0.2) is 51.6 Å². The van der Waals surface area contributed by atoms with Crippen LogP contribution in [0.25, 0.3) is 0 Å². The highest BCUT2D eigenvalue weighted by Crippen LogP contribution is 2.44. The van der Waals surface area contributed by atoms with Crippen LogP contribution >= 0.6 is 0 Å². The molecule has 0 atom stereocenters. The number of aliphatic imine (C=N–C) groups is 2. The van der Waals surface area contributed by atoms with Crippen LogP contribution in [0.5, 0.6) is 11.5 Å². The summed E-state index contributed by atoms with van der Waals surface area (Å²) in [6, 6.07) is 14.2. The van der Waals surface area contributed by atoms with Crippen LogP contribution in [0, 0.1) is 0 Å². The molecule has 0 saturated heterocycles. The van der Waals surface area contributed by atoms with Gasteiger partial charge in [0.1, 0.15) is 25.2 Å². The highest BCUT2D eigenvalue weighted by molar-refractivity contribution is 6.45. The molecule has 1 aliphatic heterocycles. The Hall–Kier alpha value is -4.21. The zero-order chi connectivity index (χ0) is 24.6. The number of rotatable bonds is 9. The summed E-state index contributed by atoms with van der Waals surface area (Å²) in [6.07, 6.45) is 2.13. The van der Waals surface area contributed by atoms with Gasteiger partial charge >= 0.3 is 0 Å². The number of nitrogens with zero attached hydrogens (tertiary/aromatic N) is 4. The van der Waals surface area contributed by atoms with E-state index in [0.29, 0.717) is 23.8 Å². The Morgan fingerprint density at radius 2 is 1.80 bits per heavy atom. The molecular weight excluding hydrogens is 455 g/mol. The second-order valence-corrected chi connectivity index (χ2v) is 7.52. The van der Waals surface area contributed by atoms with Gasteiger partial charge in [0.15, 0.2) is 12.3 Å². The number of ether oxygens (including phenoxy) is 3. The van der Waals surface area contributed by atoms with Gasteiger partial charge in [0.2, 0.25) is 5.83 Å². The van der Waals surface area contributed by atoms with Crippen molar-refractivity contribution in [2.75, 3.05) is 27.4 Å². The van der Waals surface area contributed by atoms with E-state index in [0.717, 1.165) is 18.4 Å². The fourth-order valence-electron chi connectivity index (χ4n) is 3.40. The molecule has 0 spiro atoms. The molecule has 0 radical (unpaired) electrons. The zero-order valence-corrected chi connectivity index (χ0v) is 19.4. The molecule has 2 aromatic rings.